The van der Waals surface area contributed by atoms with Gasteiger partial charge in [-0.25, -0.2) is 0 Å². The molecule has 1 aromatic carbocycles. The van der Waals surface area contributed by atoms with Crippen LogP contribution in [0.3, 0.4) is 0 Å². The second-order valence-electron chi connectivity index (χ2n) is 4.40. The van der Waals surface area contributed by atoms with Gasteiger partial charge in [0.05, 0.1) is 7.11 Å². The molecule has 5 heteroatoms. The van der Waals surface area contributed by atoms with Gasteiger partial charge in [0.2, 0.25) is 0 Å². The summed E-state index contributed by atoms with van der Waals surface area (Å²) in [6.07, 6.45) is 0. The van der Waals surface area contributed by atoms with Crippen LogP contribution in [-0.4, -0.2) is 25.1 Å². The molecule has 4 nitrogen and oxygen atoms in total. The molecule has 3 N–H and O–H groups in total. The first kappa shape index (κ1) is 15.7. The van der Waals surface area contributed by atoms with Crippen molar-refractivity contribution in [3.05, 3.63) is 29.8 Å². The van der Waals surface area contributed by atoms with Crippen LogP contribution in [0.5, 0.6) is 5.75 Å². The van der Waals surface area contributed by atoms with Crippen molar-refractivity contribution in [2.24, 2.45) is 5.73 Å². The maximum Gasteiger partial charge on any atom is 0.251 e. The number of hydrogen-bond donors (Lipinski definition) is 2. The second kappa shape index (κ2) is 6.47. The first-order chi connectivity index (χ1) is 7.42. The number of benzene rings is 1. The topological polar surface area (TPSA) is 64.3 Å². The van der Waals surface area contributed by atoms with Gasteiger partial charge >= 0.3 is 0 Å². The molecule has 0 atom stereocenters. The Morgan fingerprint density at radius 2 is 1.88 bits per heavy atom. The van der Waals surface area contributed by atoms with E-state index in [0.717, 1.165) is 5.75 Å². The van der Waals surface area contributed by atoms with Crippen LogP contribution in [-0.2, 0) is 0 Å². The van der Waals surface area contributed by atoms with Gasteiger partial charge in [-0.3, -0.25) is 4.79 Å². The number of hydrogen-bond acceptors (Lipinski definition) is 3. The Kier molecular flexibility index (Phi) is 5.99. The van der Waals surface area contributed by atoms with Gasteiger partial charge < -0.3 is 15.8 Å². The lowest BCUT2D eigenvalue weighted by molar-refractivity contribution is 0.0946. The summed E-state index contributed by atoms with van der Waals surface area (Å²) < 4.78 is 5.01. The standard InChI is InChI=1S/C12H18N2O2.ClH/c1-12(2,13)8-14-11(15)9-4-6-10(16-3)7-5-9;/h4-7H,8,13H2,1-3H3,(H,14,15);1H. The van der Waals surface area contributed by atoms with E-state index in [4.69, 9.17) is 10.5 Å². The Morgan fingerprint density at radius 1 is 1.35 bits per heavy atom. The summed E-state index contributed by atoms with van der Waals surface area (Å²) in [6, 6.07) is 6.94. The molecular weight excluding hydrogens is 240 g/mol. The smallest absolute Gasteiger partial charge is 0.251 e. The van der Waals surface area contributed by atoms with Crippen LogP contribution in [0.2, 0.25) is 0 Å². The molecule has 0 heterocycles. The summed E-state index contributed by atoms with van der Waals surface area (Å²) in [5, 5.41) is 2.77. The molecule has 0 aliphatic carbocycles. The van der Waals surface area contributed by atoms with Crippen LogP contribution in [0, 0.1) is 0 Å². The van der Waals surface area contributed by atoms with E-state index in [-0.39, 0.29) is 18.3 Å². The van der Waals surface area contributed by atoms with Gasteiger partial charge in [-0.2, -0.15) is 0 Å². The predicted octanol–water partition coefficient (Wildman–Crippen LogP) is 1.58. The SMILES string of the molecule is COc1ccc(C(=O)NCC(C)(C)N)cc1.Cl. The average Bonchev–Trinajstić information content (AvgIpc) is 2.25. The van der Waals surface area contributed by atoms with Gasteiger partial charge in [0.15, 0.2) is 0 Å². The summed E-state index contributed by atoms with van der Waals surface area (Å²) in [5.41, 5.74) is 5.97. The predicted molar refractivity (Wildman–Crippen MR) is 70.8 cm³/mol. The number of nitrogens with two attached hydrogens (primary N) is 1. The van der Waals surface area contributed by atoms with Gasteiger partial charge in [-0.05, 0) is 38.1 Å². The van der Waals surface area contributed by atoms with Crippen LogP contribution in [0.1, 0.15) is 24.2 Å². The maximum atomic E-state index is 11.7. The molecule has 17 heavy (non-hydrogen) atoms. The summed E-state index contributed by atoms with van der Waals surface area (Å²) in [6.45, 7) is 4.17. The van der Waals surface area contributed by atoms with Gasteiger partial charge in [-0.15, -0.1) is 12.4 Å². The van der Waals surface area contributed by atoms with Crippen molar-refractivity contribution in [1.29, 1.82) is 0 Å². The van der Waals surface area contributed by atoms with Crippen LogP contribution in [0.4, 0.5) is 0 Å². The monoisotopic (exact) mass is 258 g/mol. The fourth-order valence-electron chi connectivity index (χ4n) is 1.15. The van der Waals surface area contributed by atoms with Crippen LogP contribution < -0.4 is 15.8 Å². The number of nitrogens with one attached hydrogen (secondary N) is 1. The lowest BCUT2D eigenvalue weighted by atomic mass is 10.1. The third-order valence-corrected chi connectivity index (χ3v) is 2.06. The molecule has 1 rings (SSSR count). The third-order valence-electron chi connectivity index (χ3n) is 2.06. The van der Waals surface area contributed by atoms with Crippen molar-refractivity contribution in [1.82, 2.24) is 5.32 Å². The highest BCUT2D eigenvalue weighted by molar-refractivity contribution is 5.94. The number of halogens is 1. The molecule has 0 unspecified atom stereocenters. The van der Waals surface area contributed by atoms with E-state index in [1.807, 2.05) is 13.8 Å². The highest BCUT2D eigenvalue weighted by Crippen LogP contribution is 2.11. The number of ether oxygens (including phenoxy) is 1. The number of carbonyl (C=O) groups is 1. The van der Waals surface area contributed by atoms with E-state index in [1.165, 1.54) is 0 Å². The van der Waals surface area contributed by atoms with Crippen molar-refractivity contribution in [2.75, 3.05) is 13.7 Å². The molecule has 0 fully saturated rings. The molecule has 96 valence electrons. The molecule has 0 spiro atoms. The zero-order valence-corrected chi connectivity index (χ0v) is 11.1. The number of methoxy groups -OCH3 is 1. The van der Waals surface area contributed by atoms with Crippen LogP contribution in [0.25, 0.3) is 0 Å². The normalized spacial score (nSPS) is 10.4. The Bertz CT molecular complexity index is 358. The molecule has 0 aromatic heterocycles. The minimum absolute atomic E-state index is 0. The highest BCUT2D eigenvalue weighted by atomic mass is 35.5. The Hall–Kier alpha value is -1.26. The molecule has 0 bridgehead atoms. The summed E-state index contributed by atoms with van der Waals surface area (Å²) >= 11 is 0. The maximum absolute atomic E-state index is 11.7. The zero-order chi connectivity index (χ0) is 12.2. The first-order valence-corrected chi connectivity index (χ1v) is 5.13. The number of amides is 1. The molecule has 1 amide bonds. The molecular formula is C12H19ClN2O2. The number of carbonyl (C=O) groups excluding carboxylic acids is 1. The summed E-state index contributed by atoms with van der Waals surface area (Å²) in [5.74, 6) is 0.608. The van der Waals surface area contributed by atoms with E-state index in [2.05, 4.69) is 5.32 Å². The molecule has 0 saturated carbocycles. The fourth-order valence-corrected chi connectivity index (χ4v) is 1.15. The van der Waals surface area contributed by atoms with E-state index in [0.29, 0.717) is 12.1 Å². The average molecular weight is 259 g/mol. The first-order valence-electron chi connectivity index (χ1n) is 5.13. The zero-order valence-electron chi connectivity index (χ0n) is 10.3. The Labute approximate surface area is 108 Å². The van der Waals surface area contributed by atoms with Crippen molar-refractivity contribution >= 4 is 18.3 Å². The summed E-state index contributed by atoms with van der Waals surface area (Å²) in [4.78, 5) is 11.7. The quantitative estimate of drug-likeness (QED) is 0.862. The van der Waals surface area contributed by atoms with E-state index in [9.17, 15) is 4.79 Å². The van der Waals surface area contributed by atoms with E-state index < -0.39 is 5.54 Å². The Balaban J connectivity index is 0.00000256. The van der Waals surface area contributed by atoms with Crippen LogP contribution in [0.15, 0.2) is 24.3 Å². The molecule has 0 saturated heterocycles. The van der Waals surface area contributed by atoms with Gasteiger partial charge in [0.25, 0.3) is 5.91 Å². The van der Waals surface area contributed by atoms with Crippen molar-refractivity contribution in [3.63, 3.8) is 0 Å². The minimum Gasteiger partial charge on any atom is -0.497 e. The molecule has 0 aliphatic heterocycles. The molecule has 1 aromatic rings. The molecule has 0 radical (unpaired) electrons. The van der Waals surface area contributed by atoms with Crippen molar-refractivity contribution in [2.45, 2.75) is 19.4 Å². The van der Waals surface area contributed by atoms with Crippen molar-refractivity contribution < 1.29 is 9.53 Å². The molecule has 0 aliphatic rings. The van der Waals surface area contributed by atoms with E-state index >= 15 is 0 Å². The van der Waals surface area contributed by atoms with Crippen molar-refractivity contribution in [3.8, 4) is 5.75 Å². The van der Waals surface area contributed by atoms with E-state index in [1.54, 1.807) is 31.4 Å². The van der Waals surface area contributed by atoms with Gasteiger partial charge in [0, 0.05) is 17.6 Å². The lowest BCUT2D eigenvalue weighted by Crippen LogP contribution is -2.45. The lowest BCUT2D eigenvalue weighted by Gasteiger charge is -2.18. The van der Waals surface area contributed by atoms with Gasteiger partial charge in [0.1, 0.15) is 5.75 Å². The fraction of sp³-hybridized carbons (Fsp3) is 0.417. The van der Waals surface area contributed by atoms with Crippen LogP contribution >= 0.6 is 12.4 Å². The second-order valence-corrected chi connectivity index (χ2v) is 4.40. The number of rotatable bonds is 4. The minimum atomic E-state index is -0.401. The summed E-state index contributed by atoms with van der Waals surface area (Å²) in [7, 11) is 1.59. The Morgan fingerprint density at radius 3 is 2.29 bits per heavy atom. The van der Waals surface area contributed by atoms with Gasteiger partial charge in [-0.1, -0.05) is 0 Å². The highest BCUT2D eigenvalue weighted by Gasteiger charge is 2.13. The third kappa shape index (κ3) is 5.56. The largest absolute Gasteiger partial charge is 0.497 e.